The molecule has 1 unspecified atom stereocenters. The molecule has 0 aliphatic carbocycles. The van der Waals surface area contributed by atoms with Crippen LogP contribution in [0.15, 0.2) is 0 Å². The van der Waals surface area contributed by atoms with Gasteiger partial charge < -0.3 is 15.1 Å². The van der Waals surface area contributed by atoms with E-state index in [9.17, 15) is 0 Å². The summed E-state index contributed by atoms with van der Waals surface area (Å²) in [6, 6.07) is 0. The molecule has 14 heavy (non-hydrogen) atoms. The monoisotopic (exact) mass is 201 g/mol. The molecule has 3 heteroatoms. The Hall–Kier alpha value is -0.120. The smallest absolute Gasteiger partial charge is 0.00192 e. The first-order valence-electron chi connectivity index (χ1n) is 5.72. The number of nitrogens with zero attached hydrogens (tertiary/aromatic N) is 2. The Morgan fingerprint density at radius 2 is 2.29 bits per heavy atom. The van der Waals surface area contributed by atoms with Gasteiger partial charge in [0.05, 0.1) is 0 Å². The lowest BCUT2D eigenvalue weighted by Crippen LogP contribution is -2.27. The van der Waals surface area contributed by atoms with E-state index >= 15 is 0 Å². The highest BCUT2D eigenvalue weighted by Crippen LogP contribution is 2.12. The fourth-order valence-electron chi connectivity index (χ4n) is 2.02. The van der Waals surface area contributed by atoms with Crippen molar-refractivity contribution in [2.75, 3.05) is 53.9 Å². The summed E-state index contributed by atoms with van der Waals surface area (Å²) in [4.78, 5) is 4.66. The van der Waals surface area contributed by atoms with Gasteiger partial charge in [-0.3, -0.25) is 0 Å². The maximum Gasteiger partial charge on any atom is 0.00192 e. The lowest BCUT2D eigenvalue weighted by Gasteiger charge is -2.13. The zero-order chi connectivity index (χ0) is 10.4. The van der Waals surface area contributed by atoms with Crippen LogP contribution in [-0.4, -0.2) is 63.7 Å². The third-order valence-corrected chi connectivity index (χ3v) is 2.88. The van der Waals surface area contributed by atoms with Gasteiger partial charge in [-0.25, -0.2) is 0 Å². The molecule has 1 aliphatic rings. The first kappa shape index (κ1) is 12.0. The van der Waals surface area contributed by atoms with Crippen LogP contribution in [0.3, 0.4) is 0 Å². The van der Waals surface area contributed by atoms with E-state index in [1.54, 1.807) is 0 Å². The molecule has 3 nitrogen and oxygen atoms in total. The summed E-state index contributed by atoms with van der Waals surface area (Å²) in [5.41, 5.74) is 0. The Balaban J connectivity index is 0.00000196. The molecule has 0 aromatic carbocycles. The first-order chi connectivity index (χ1) is 6.68. The van der Waals surface area contributed by atoms with Gasteiger partial charge in [-0.2, -0.15) is 0 Å². The summed E-state index contributed by atoms with van der Waals surface area (Å²) < 4.78 is 0. The molecule has 0 radical (unpaired) electrons. The quantitative estimate of drug-likeness (QED) is 0.639. The molecular weight excluding hydrogens is 174 g/mol. The van der Waals surface area contributed by atoms with E-state index in [4.69, 9.17) is 0 Å². The molecule has 1 N–H and O–H groups in total. The SMILES string of the molecule is CN(C)CCCNCC1CCN(C)C1.[HH]. The molecule has 0 aromatic heterocycles. The van der Waals surface area contributed by atoms with E-state index in [2.05, 4.69) is 36.3 Å². The summed E-state index contributed by atoms with van der Waals surface area (Å²) >= 11 is 0. The van der Waals surface area contributed by atoms with Crippen molar-refractivity contribution in [3.8, 4) is 0 Å². The number of hydrogen-bond acceptors (Lipinski definition) is 3. The normalized spacial score (nSPS) is 23.6. The topological polar surface area (TPSA) is 18.5 Å². The fourth-order valence-corrected chi connectivity index (χ4v) is 2.02. The lowest BCUT2D eigenvalue weighted by atomic mass is 10.1. The van der Waals surface area contributed by atoms with E-state index < -0.39 is 0 Å². The fraction of sp³-hybridized carbons (Fsp3) is 1.00. The molecule has 1 aliphatic heterocycles. The summed E-state index contributed by atoms with van der Waals surface area (Å²) in [6.07, 6.45) is 2.63. The zero-order valence-electron chi connectivity index (χ0n) is 9.92. The second-order valence-corrected chi connectivity index (χ2v) is 4.78. The van der Waals surface area contributed by atoms with Gasteiger partial charge in [0.2, 0.25) is 0 Å². The molecule has 1 fully saturated rings. The molecule has 0 amide bonds. The third-order valence-electron chi connectivity index (χ3n) is 2.88. The molecule has 0 saturated carbocycles. The van der Waals surface area contributed by atoms with Crippen LogP contribution < -0.4 is 5.32 Å². The predicted molar refractivity (Wildman–Crippen MR) is 63.8 cm³/mol. The second kappa shape index (κ2) is 6.38. The summed E-state index contributed by atoms with van der Waals surface area (Å²) in [6.45, 7) is 6.12. The second-order valence-electron chi connectivity index (χ2n) is 4.78. The van der Waals surface area contributed by atoms with E-state index in [-0.39, 0.29) is 1.43 Å². The van der Waals surface area contributed by atoms with Crippen molar-refractivity contribution >= 4 is 0 Å². The molecule has 0 spiro atoms. The van der Waals surface area contributed by atoms with Crippen molar-refractivity contribution in [3.63, 3.8) is 0 Å². The van der Waals surface area contributed by atoms with Crippen LogP contribution in [0.5, 0.6) is 0 Å². The van der Waals surface area contributed by atoms with E-state index in [1.807, 2.05) is 0 Å². The van der Waals surface area contributed by atoms with Crippen molar-refractivity contribution in [2.24, 2.45) is 5.92 Å². The predicted octanol–water partition coefficient (Wildman–Crippen LogP) is 0.725. The highest BCUT2D eigenvalue weighted by Gasteiger charge is 2.18. The van der Waals surface area contributed by atoms with Crippen LogP contribution in [0.2, 0.25) is 0 Å². The summed E-state index contributed by atoms with van der Waals surface area (Å²) in [7, 11) is 6.48. The molecule has 1 heterocycles. The van der Waals surface area contributed by atoms with Gasteiger partial charge in [0.1, 0.15) is 0 Å². The lowest BCUT2D eigenvalue weighted by molar-refractivity contribution is 0.375. The molecule has 1 saturated heterocycles. The van der Waals surface area contributed by atoms with E-state index in [1.165, 1.54) is 45.6 Å². The number of nitrogens with one attached hydrogen (secondary N) is 1. The van der Waals surface area contributed by atoms with E-state index in [0.717, 1.165) is 5.92 Å². The average molecular weight is 201 g/mol. The van der Waals surface area contributed by atoms with Crippen molar-refractivity contribution in [1.82, 2.24) is 15.1 Å². The van der Waals surface area contributed by atoms with Crippen LogP contribution >= 0.6 is 0 Å². The van der Waals surface area contributed by atoms with Crippen LogP contribution in [0.25, 0.3) is 0 Å². The largest absolute Gasteiger partial charge is 0.316 e. The Labute approximate surface area is 89.9 Å². The van der Waals surface area contributed by atoms with Crippen LogP contribution in [-0.2, 0) is 0 Å². The van der Waals surface area contributed by atoms with Crippen molar-refractivity contribution in [1.29, 1.82) is 0 Å². The minimum absolute atomic E-state index is 0. The minimum atomic E-state index is 0. The van der Waals surface area contributed by atoms with Crippen molar-refractivity contribution < 1.29 is 1.43 Å². The number of likely N-dealkylation sites (tertiary alicyclic amines) is 1. The summed E-state index contributed by atoms with van der Waals surface area (Å²) in [5.74, 6) is 0.888. The Bertz CT molecular complexity index is 153. The Kier molecular flexibility index (Phi) is 5.45. The molecule has 1 rings (SSSR count). The van der Waals surface area contributed by atoms with Gasteiger partial charge in [-0.1, -0.05) is 0 Å². The molecular formula is C11H27N3. The maximum absolute atomic E-state index is 3.55. The zero-order valence-corrected chi connectivity index (χ0v) is 9.92. The number of rotatable bonds is 6. The highest BCUT2D eigenvalue weighted by atomic mass is 15.1. The van der Waals surface area contributed by atoms with Gasteiger partial charge in [0.15, 0.2) is 0 Å². The standard InChI is InChI=1S/C11H25N3.H2/c1-13(2)7-4-6-12-9-11-5-8-14(3)10-11;/h11-12H,4-10H2,1-3H3;1H. The van der Waals surface area contributed by atoms with E-state index in [0.29, 0.717) is 0 Å². The highest BCUT2D eigenvalue weighted by molar-refractivity contribution is 4.74. The average Bonchev–Trinajstić information content (AvgIpc) is 2.50. The third kappa shape index (κ3) is 4.94. The maximum atomic E-state index is 3.55. The van der Waals surface area contributed by atoms with Gasteiger partial charge in [-0.15, -0.1) is 0 Å². The minimum Gasteiger partial charge on any atom is -0.316 e. The first-order valence-corrected chi connectivity index (χ1v) is 5.72. The Morgan fingerprint density at radius 1 is 1.50 bits per heavy atom. The summed E-state index contributed by atoms with van der Waals surface area (Å²) in [5, 5.41) is 3.55. The van der Waals surface area contributed by atoms with Gasteiger partial charge in [0, 0.05) is 7.97 Å². The van der Waals surface area contributed by atoms with Gasteiger partial charge in [0.25, 0.3) is 0 Å². The van der Waals surface area contributed by atoms with Gasteiger partial charge in [-0.05, 0) is 66.1 Å². The van der Waals surface area contributed by atoms with Crippen molar-refractivity contribution in [3.05, 3.63) is 0 Å². The van der Waals surface area contributed by atoms with Crippen LogP contribution in [0, 0.1) is 5.92 Å². The molecule has 86 valence electrons. The molecule has 0 bridgehead atoms. The molecule has 1 atom stereocenters. The Morgan fingerprint density at radius 3 is 2.86 bits per heavy atom. The van der Waals surface area contributed by atoms with Gasteiger partial charge >= 0.3 is 0 Å². The van der Waals surface area contributed by atoms with Crippen molar-refractivity contribution in [2.45, 2.75) is 12.8 Å². The van der Waals surface area contributed by atoms with Crippen LogP contribution in [0.4, 0.5) is 0 Å². The van der Waals surface area contributed by atoms with Crippen LogP contribution in [0.1, 0.15) is 14.3 Å². The molecule has 0 aromatic rings. The number of hydrogen-bond donors (Lipinski definition) is 1.